The molecule has 0 atom stereocenters. The van der Waals surface area contributed by atoms with Gasteiger partial charge in [0.05, 0.1) is 5.69 Å². The Morgan fingerprint density at radius 1 is 0.774 bits per heavy atom. The number of likely N-dealkylation sites (tertiary alicyclic amines) is 1. The van der Waals surface area contributed by atoms with Gasteiger partial charge in [-0.2, -0.15) is 0 Å². The Labute approximate surface area is 188 Å². The summed E-state index contributed by atoms with van der Waals surface area (Å²) < 4.78 is 4.94. The number of nitrogens with zero attached hydrogens (tertiary/aromatic N) is 3. The van der Waals surface area contributed by atoms with Crippen molar-refractivity contribution in [2.24, 2.45) is 5.92 Å². The highest BCUT2D eigenvalue weighted by Crippen LogP contribution is 2.45. The first-order chi connectivity index (χ1) is 15.3. The zero-order valence-electron chi connectivity index (χ0n) is 17.9. The van der Waals surface area contributed by atoms with E-state index < -0.39 is 0 Å². The van der Waals surface area contributed by atoms with Crippen LogP contribution in [-0.4, -0.2) is 35.6 Å². The number of para-hydroxylation sites is 1. The average molecular weight is 428 g/mol. The van der Waals surface area contributed by atoms with Crippen LogP contribution in [0.2, 0.25) is 0 Å². The molecule has 6 rings (SSSR count). The van der Waals surface area contributed by atoms with Crippen LogP contribution >= 0.6 is 11.9 Å². The molecule has 3 nitrogen and oxygen atoms in total. The van der Waals surface area contributed by atoms with Gasteiger partial charge >= 0.3 is 0 Å². The minimum absolute atomic E-state index is 0.858. The molecule has 0 bridgehead atoms. The fourth-order valence-electron chi connectivity index (χ4n) is 5.29. The Kier molecular flexibility index (Phi) is 5.13. The van der Waals surface area contributed by atoms with Gasteiger partial charge in [0.1, 0.15) is 0 Å². The molecule has 1 saturated heterocycles. The smallest absolute Gasteiger partial charge is 0.0564 e. The Morgan fingerprint density at radius 2 is 1.58 bits per heavy atom. The molecule has 0 radical (unpaired) electrons. The maximum atomic E-state index is 2.67. The van der Waals surface area contributed by atoms with E-state index in [1.165, 1.54) is 64.6 Å². The van der Waals surface area contributed by atoms with Crippen molar-refractivity contribution in [3.63, 3.8) is 0 Å². The SMILES string of the molecule is c1cc2c3c(cccc3c1)N(CCN1CCC(CCn3ccc4ccccc43)CC1)S2. The minimum atomic E-state index is 0.858. The second kappa shape index (κ2) is 8.25. The molecule has 4 aromatic rings. The maximum Gasteiger partial charge on any atom is 0.0564 e. The van der Waals surface area contributed by atoms with Crippen molar-refractivity contribution < 1.29 is 0 Å². The summed E-state index contributed by atoms with van der Waals surface area (Å²) in [7, 11) is 0. The van der Waals surface area contributed by atoms with Gasteiger partial charge in [-0.3, -0.25) is 0 Å². The van der Waals surface area contributed by atoms with Gasteiger partial charge in [0.25, 0.3) is 0 Å². The Bertz CT molecular complexity index is 1200. The van der Waals surface area contributed by atoms with Crippen molar-refractivity contribution in [2.45, 2.75) is 30.7 Å². The van der Waals surface area contributed by atoms with Crippen LogP contribution in [0.3, 0.4) is 0 Å². The van der Waals surface area contributed by atoms with Gasteiger partial charge in [-0.05, 0) is 85.3 Å². The number of benzene rings is 3. The van der Waals surface area contributed by atoms with E-state index in [2.05, 4.69) is 86.7 Å². The van der Waals surface area contributed by atoms with E-state index in [9.17, 15) is 0 Å². The molecule has 0 spiro atoms. The molecule has 0 N–H and O–H groups in total. The third-order valence-corrected chi connectivity index (χ3v) is 8.24. The normalized spacial score (nSPS) is 17.2. The van der Waals surface area contributed by atoms with Gasteiger partial charge in [0, 0.05) is 41.6 Å². The Morgan fingerprint density at radius 3 is 2.48 bits per heavy atom. The van der Waals surface area contributed by atoms with E-state index in [1.807, 2.05) is 11.9 Å². The quantitative estimate of drug-likeness (QED) is 0.329. The lowest BCUT2D eigenvalue weighted by atomic mass is 9.93. The molecule has 4 heteroatoms. The minimum Gasteiger partial charge on any atom is -0.347 e. The summed E-state index contributed by atoms with van der Waals surface area (Å²) in [4.78, 5) is 4.08. The first kappa shape index (κ1) is 19.3. The molecule has 3 heterocycles. The maximum absolute atomic E-state index is 2.67. The standard InChI is InChI=1S/C27H29N3S/c1-2-8-24-22(5-1)14-18-29(24)17-13-21-11-15-28(16-12-21)19-20-30-25-9-3-6-23-7-4-10-26(31-30)27(23)25/h1-10,14,18,21H,11-13,15-17,19-20H2. The van der Waals surface area contributed by atoms with E-state index in [-0.39, 0.29) is 0 Å². The van der Waals surface area contributed by atoms with E-state index in [4.69, 9.17) is 0 Å². The fraction of sp³-hybridized carbons (Fsp3) is 0.333. The summed E-state index contributed by atoms with van der Waals surface area (Å²) in [6.07, 6.45) is 6.22. The van der Waals surface area contributed by atoms with Crippen LogP contribution in [0.4, 0.5) is 5.69 Å². The lowest BCUT2D eigenvalue weighted by molar-refractivity contribution is 0.181. The number of fused-ring (bicyclic) bond motifs is 1. The molecule has 0 aliphatic carbocycles. The van der Waals surface area contributed by atoms with Crippen LogP contribution in [0, 0.1) is 5.92 Å². The number of anilines is 1. The number of rotatable bonds is 6. The van der Waals surface area contributed by atoms with Gasteiger partial charge < -0.3 is 13.8 Å². The molecule has 158 valence electrons. The van der Waals surface area contributed by atoms with Gasteiger partial charge in [-0.15, -0.1) is 0 Å². The second-order valence-corrected chi connectivity index (χ2v) is 10.0. The zero-order chi connectivity index (χ0) is 20.6. The van der Waals surface area contributed by atoms with Gasteiger partial charge in [0.2, 0.25) is 0 Å². The van der Waals surface area contributed by atoms with Crippen molar-refractivity contribution in [3.8, 4) is 0 Å². The third-order valence-electron chi connectivity index (χ3n) is 7.11. The summed E-state index contributed by atoms with van der Waals surface area (Å²) in [5.74, 6) is 0.858. The first-order valence-corrected chi connectivity index (χ1v) is 12.4. The molecule has 3 aromatic carbocycles. The average Bonchev–Trinajstić information content (AvgIpc) is 3.40. The molecule has 0 saturated carbocycles. The molecule has 0 amide bonds. The highest BCUT2D eigenvalue weighted by Gasteiger charge is 2.24. The van der Waals surface area contributed by atoms with Crippen molar-refractivity contribution in [2.75, 3.05) is 30.5 Å². The van der Waals surface area contributed by atoms with Gasteiger partial charge in [0.15, 0.2) is 0 Å². The Hall–Kier alpha value is -2.43. The van der Waals surface area contributed by atoms with Crippen LogP contribution in [0.15, 0.2) is 77.8 Å². The molecular weight excluding hydrogens is 398 g/mol. The van der Waals surface area contributed by atoms with Crippen LogP contribution in [0.25, 0.3) is 21.7 Å². The lowest BCUT2D eigenvalue weighted by Crippen LogP contribution is -2.38. The van der Waals surface area contributed by atoms with Crippen LogP contribution in [0.5, 0.6) is 0 Å². The topological polar surface area (TPSA) is 11.4 Å². The van der Waals surface area contributed by atoms with Crippen molar-refractivity contribution in [1.82, 2.24) is 9.47 Å². The van der Waals surface area contributed by atoms with Crippen LogP contribution in [-0.2, 0) is 6.54 Å². The van der Waals surface area contributed by atoms with Gasteiger partial charge in [-0.1, -0.05) is 42.5 Å². The van der Waals surface area contributed by atoms with E-state index in [0.29, 0.717) is 0 Å². The number of hydrogen-bond donors (Lipinski definition) is 0. The summed E-state index contributed by atoms with van der Waals surface area (Å²) in [6.45, 7) is 5.88. The van der Waals surface area contributed by atoms with E-state index >= 15 is 0 Å². The van der Waals surface area contributed by atoms with Crippen LogP contribution in [0.1, 0.15) is 19.3 Å². The third kappa shape index (κ3) is 3.72. The summed E-state index contributed by atoms with van der Waals surface area (Å²) in [5.41, 5.74) is 2.77. The van der Waals surface area contributed by atoms with Crippen LogP contribution < -0.4 is 4.31 Å². The predicted octanol–water partition coefficient (Wildman–Crippen LogP) is 6.42. The fourth-order valence-corrected chi connectivity index (χ4v) is 6.41. The van der Waals surface area contributed by atoms with E-state index in [1.54, 1.807) is 0 Å². The molecule has 2 aliphatic heterocycles. The van der Waals surface area contributed by atoms with Crippen molar-refractivity contribution >= 4 is 39.3 Å². The molecule has 2 aliphatic rings. The molecule has 31 heavy (non-hydrogen) atoms. The Balaban J connectivity index is 1.01. The number of piperidine rings is 1. The number of aryl methyl sites for hydroxylation is 1. The second-order valence-electron chi connectivity index (χ2n) is 8.97. The largest absolute Gasteiger partial charge is 0.347 e. The highest BCUT2D eigenvalue weighted by atomic mass is 32.2. The lowest BCUT2D eigenvalue weighted by Gasteiger charge is -2.33. The van der Waals surface area contributed by atoms with Crippen molar-refractivity contribution in [3.05, 3.63) is 72.9 Å². The summed E-state index contributed by atoms with van der Waals surface area (Å²) in [5, 5.41) is 4.16. The number of hydrogen-bond acceptors (Lipinski definition) is 3. The molecule has 1 fully saturated rings. The molecule has 1 aromatic heterocycles. The molecular formula is C27H29N3S. The molecule has 0 unspecified atom stereocenters. The first-order valence-electron chi connectivity index (χ1n) is 11.6. The summed E-state index contributed by atoms with van der Waals surface area (Å²) in [6, 6.07) is 24.3. The zero-order valence-corrected chi connectivity index (χ0v) is 18.7. The summed E-state index contributed by atoms with van der Waals surface area (Å²) >= 11 is 1.92. The predicted molar refractivity (Wildman–Crippen MR) is 133 cm³/mol. The van der Waals surface area contributed by atoms with E-state index in [0.717, 1.165) is 25.6 Å². The van der Waals surface area contributed by atoms with Gasteiger partial charge in [-0.25, -0.2) is 0 Å². The highest BCUT2D eigenvalue weighted by molar-refractivity contribution is 8.01. The number of aromatic nitrogens is 1. The van der Waals surface area contributed by atoms with Crippen molar-refractivity contribution in [1.29, 1.82) is 0 Å². The monoisotopic (exact) mass is 427 g/mol.